The molecule has 0 radical (unpaired) electrons. The summed E-state index contributed by atoms with van der Waals surface area (Å²) in [5.41, 5.74) is 3.51. The van der Waals surface area contributed by atoms with Gasteiger partial charge in [-0.05, 0) is 43.4 Å². The first-order valence-corrected chi connectivity index (χ1v) is 10.5. The molecular formula is C17H24N4OS. The first kappa shape index (κ1) is 17.5. The van der Waals surface area contributed by atoms with Crippen LogP contribution in [0.1, 0.15) is 22.6 Å². The van der Waals surface area contributed by atoms with Gasteiger partial charge < -0.3 is 4.74 Å². The molecule has 0 atom stereocenters. The molecule has 5 nitrogen and oxygen atoms in total. The predicted octanol–water partition coefficient (Wildman–Crippen LogP) is 2.72. The van der Waals surface area contributed by atoms with E-state index in [2.05, 4.69) is 34.9 Å². The number of pyridine rings is 1. The molecule has 0 aliphatic carbocycles. The lowest BCUT2D eigenvalue weighted by molar-refractivity contribution is 0.0800. The summed E-state index contributed by atoms with van der Waals surface area (Å²) in [7, 11) is -0.561. The van der Waals surface area contributed by atoms with E-state index in [1.165, 1.54) is 0 Å². The Hall–Kier alpha value is -1.84. The van der Waals surface area contributed by atoms with E-state index in [0.29, 0.717) is 25.5 Å². The summed E-state index contributed by atoms with van der Waals surface area (Å²) in [6, 6.07) is 7.96. The van der Waals surface area contributed by atoms with Crippen molar-refractivity contribution in [2.45, 2.75) is 20.1 Å². The van der Waals surface area contributed by atoms with Gasteiger partial charge in [0.05, 0.1) is 12.3 Å². The van der Waals surface area contributed by atoms with Crippen LogP contribution in [0.2, 0.25) is 0 Å². The minimum absolute atomic E-state index is 0.324. The summed E-state index contributed by atoms with van der Waals surface area (Å²) >= 11 is 0. The molecule has 2 rings (SSSR count). The van der Waals surface area contributed by atoms with E-state index in [4.69, 9.17) is 4.74 Å². The van der Waals surface area contributed by atoms with Crippen molar-refractivity contribution in [2.24, 2.45) is 0 Å². The third kappa shape index (κ3) is 5.38. The van der Waals surface area contributed by atoms with Crippen LogP contribution < -0.4 is 0 Å². The molecule has 0 aliphatic rings. The van der Waals surface area contributed by atoms with Crippen LogP contribution in [0.25, 0.3) is 0 Å². The zero-order chi connectivity index (χ0) is 16.9. The van der Waals surface area contributed by atoms with Crippen LogP contribution in [0.4, 0.5) is 0 Å². The first-order valence-electron chi connectivity index (χ1n) is 7.50. The van der Waals surface area contributed by atoms with Crippen molar-refractivity contribution in [1.82, 2.24) is 14.8 Å². The fraction of sp³-hybridized carbons (Fsp3) is 0.471. The second-order valence-corrected chi connectivity index (χ2v) is 11.0. The van der Waals surface area contributed by atoms with Gasteiger partial charge in [-0.1, -0.05) is 6.07 Å². The van der Waals surface area contributed by atoms with Gasteiger partial charge in [0, 0.05) is 24.1 Å². The highest BCUT2D eigenvalue weighted by atomic mass is 32.3. The molecule has 0 bridgehead atoms. The number of nitrogens with zero attached hydrogens (tertiary/aromatic N) is 4. The number of nitriles is 1. The summed E-state index contributed by atoms with van der Waals surface area (Å²) in [4.78, 5) is 4.29. The van der Waals surface area contributed by atoms with Crippen molar-refractivity contribution in [1.29, 1.82) is 5.26 Å². The largest absolute Gasteiger partial charge is 0.358 e. The van der Waals surface area contributed by atoms with Crippen molar-refractivity contribution >= 4 is 10.0 Å². The molecule has 2 heterocycles. The molecular weight excluding hydrogens is 308 g/mol. The zero-order valence-corrected chi connectivity index (χ0v) is 15.1. The normalized spacial score (nSPS) is 12.1. The fourth-order valence-corrected chi connectivity index (χ4v) is 2.72. The average molecular weight is 332 g/mol. The Labute approximate surface area is 139 Å². The maximum absolute atomic E-state index is 9.26. The highest BCUT2D eigenvalue weighted by molar-refractivity contribution is 8.32. The Morgan fingerprint density at radius 3 is 2.78 bits per heavy atom. The number of hydrogen-bond donors (Lipinski definition) is 0. The van der Waals surface area contributed by atoms with Crippen LogP contribution in [0.5, 0.6) is 0 Å². The Morgan fingerprint density at radius 2 is 2.13 bits per heavy atom. The van der Waals surface area contributed by atoms with Crippen LogP contribution >= 0.6 is 10.0 Å². The molecule has 0 aliphatic heterocycles. The number of aromatic nitrogens is 3. The predicted molar refractivity (Wildman–Crippen MR) is 94.9 cm³/mol. The van der Waals surface area contributed by atoms with E-state index in [-0.39, 0.29) is 0 Å². The molecule has 0 fully saturated rings. The lowest BCUT2D eigenvalue weighted by atomic mass is 10.1. The quantitative estimate of drug-likeness (QED) is 0.731. The van der Waals surface area contributed by atoms with Gasteiger partial charge >= 0.3 is 0 Å². The number of aryl methyl sites for hydroxylation is 1. The lowest BCUT2D eigenvalue weighted by Crippen LogP contribution is -2.12. The second-order valence-electron chi connectivity index (χ2n) is 6.39. The van der Waals surface area contributed by atoms with Crippen molar-refractivity contribution < 1.29 is 4.74 Å². The average Bonchev–Trinajstić information content (AvgIpc) is 2.87. The molecule has 0 aromatic carbocycles. The Kier molecular flexibility index (Phi) is 5.80. The number of rotatable bonds is 7. The van der Waals surface area contributed by atoms with Crippen molar-refractivity contribution in [3.63, 3.8) is 0 Å². The molecule has 0 N–H and O–H groups in total. The van der Waals surface area contributed by atoms with E-state index in [1.54, 1.807) is 10.9 Å². The summed E-state index contributed by atoms with van der Waals surface area (Å²) in [6.45, 7) is 3.00. The zero-order valence-electron chi connectivity index (χ0n) is 14.2. The fourth-order valence-electron chi connectivity index (χ4n) is 2.10. The SMILES string of the molecule is Cc1ncccc1Cc1cc(C#N)n(COCCS(C)(C)C)n1. The number of hydrogen-bond acceptors (Lipinski definition) is 4. The summed E-state index contributed by atoms with van der Waals surface area (Å²) in [5.74, 6) is 1.05. The molecule has 0 amide bonds. The van der Waals surface area contributed by atoms with Gasteiger partial charge in [0.2, 0.25) is 0 Å². The van der Waals surface area contributed by atoms with E-state index in [0.717, 1.165) is 22.7 Å². The molecule has 124 valence electrons. The van der Waals surface area contributed by atoms with Gasteiger partial charge in [0.1, 0.15) is 18.5 Å². The third-order valence-corrected chi connectivity index (χ3v) is 4.88. The molecule has 0 spiro atoms. The molecule has 0 saturated heterocycles. The molecule has 2 aromatic heterocycles. The first-order chi connectivity index (χ1) is 10.9. The van der Waals surface area contributed by atoms with Gasteiger partial charge in [0.25, 0.3) is 0 Å². The van der Waals surface area contributed by atoms with Crippen LogP contribution in [0.3, 0.4) is 0 Å². The lowest BCUT2D eigenvalue weighted by Gasteiger charge is -2.24. The highest BCUT2D eigenvalue weighted by Gasteiger charge is 2.10. The molecule has 0 saturated carbocycles. The van der Waals surface area contributed by atoms with Gasteiger partial charge in [-0.15, -0.1) is 0 Å². The van der Waals surface area contributed by atoms with Gasteiger partial charge in [0.15, 0.2) is 0 Å². The molecule has 6 heteroatoms. The van der Waals surface area contributed by atoms with Crippen LogP contribution in [-0.4, -0.2) is 45.9 Å². The maximum Gasteiger partial charge on any atom is 0.141 e. The van der Waals surface area contributed by atoms with Crippen LogP contribution in [-0.2, 0) is 17.9 Å². The summed E-state index contributed by atoms with van der Waals surface area (Å²) < 4.78 is 7.32. The van der Waals surface area contributed by atoms with E-state index < -0.39 is 10.0 Å². The standard InChI is InChI=1S/C17H24N4OS/c1-14-15(6-5-7-19-14)10-16-11-17(12-18)21(20-16)13-22-8-9-23(2,3)4/h5-7,11H,8-10,13H2,1-4H3. The summed E-state index contributed by atoms with van der Waals surface area (Å²) in [6.07, 6.45) is 9.24. The molecule has 23 heavy (non-hydrogen) atoms. The smallest absolute Gasteiger partial charge is 0.141 e. The second kappa shape index (κ2) is 7.62. The van der Waals surface area contributed by atoms with Crippen molar-refractivity contribution in [2.75, 3.05) is 31.1 Å². The van der Waals surface area contributed by atoms with Gasteiger partial charge in [-0.2, -0.15) is 10.4 Å². The molecule has 0 unspecified atom stereocenters. The minimum Gasteiger partial charge on any atom is -0.358 e. The van der Waals surface area contributed by atoms with E-state index in [9.17, 15) is 5.26 Å². The Morgan fingerprint density at radius 1 is 1.35 bits per heavy atom. The maximum atomic E-state index is 9.26. The topological polar surface area (TPSA) is 63.7 Å². The minimum atomic E-state index is -0.561. The Bertz CT molecular complexity index is 697. The van der Waals surface area contributed by atoms with Gasteiger partial charge in [-0.25, -0.2) is 14.7 Å². The highest BCUT2D eigenvalue weighted by Crippen LogP contribution is 2.33. The third-order valence-electron chi connectivity index (χ3n) is 3.49. The summed E-state index contributed by atoms with van der Waals surface area (Å²) in [5, 5.41) is 13.8. The van der Waals surface area contributed by atoms with E-state index >= 15 is 0 Å². The van der Waals surface area contributed by atoms with Gasteiger partial charge in [-0.3, -0.25) is 4.98 Å². The van der Waals surface area contributed by atoms with Crippen LogP contribution in [0.15, 0.2) is 24.4 Å². The van der Waals surface area contributed by atoms with E-state index in [1.807, 2.05) is 25.1 Å². The Balaban J connectivity index is 2.00. The monoisotopic (exact) mass is 332 g/mol. The van der Waals surface area contributed by atoms with Crippen LogP contribution in [0, 0.1) is 18.3 Å². The number of ether oxygens (including phenoxy) is 1. The van der Waals surface area contributed by atoms with Crippen molar-refractivity contribution in [3.05, 3.63) is 47.0 Å². The molecule has 2 aromatic rings. The van der Waals surface area contributed by atoms with Crippen molar-refractivity contribution in [3.8, 4) is 6.07 Å².